The summed E-state index contributed by atoms with van der Waals surface area (Å²) in [5.41, 5.74) is 2.57. The van der Waals surface area contributed by atoms with E-state index >= 15 is 0 Å². The summed E-state index contributed by atoms with van der Waals surface area (Å²) in [7, 11) is -3.30. The summed E-state index contributed by atoms with van der Waals surface area (Å²) in [6.45, 7) is 6.00. The molecule has 0 aliphatic carbocycles. The number of pyridine rings is 1. The lowest BCUT2D eigenvalue weighted by Crippen LogP contribution is -2.47. The van der Waals surface area contributed by atoms with E-state index in [9.17, 15) is 13.5 Å². The monoisotopic (exact) mass is 416 g/mol. The summed E-state index contributed by atoms with van der Waals surface area (Å²) >= 11 is 0. The van der Waals surface area contributed by atoms with Crippen LogP contribution in [0.4, 0.5) is 11.5 Å². The summed E-state index contributed by atoms with van der Waals surface area (Å²) in [5, 5.41) is 10.8. The van der Waals surface area contributed by atoms with E-state index in [0.29, 0.717) is 13.0 Å². The Morgan fingerprint density at radius 3 is 2.59 bits per heavy atom. The number of aromatic nitrogens is 1. The quantitative estimate of drug-likeness (QED) is 0.799. The Kier molecular flexibility index (Phi) is 5.50. The maximum Gasteiger partial charge on any atom is 0.232 e. The van der Waals surface area contributed by atoms with Crippen LogP contribution in [-0.2, 0) is 16.4 Å². The van der Waals surface area contributed by atoms with Crippen LogP contribution in [0.5, 0.6) is 0 Å². The molecule has 29 heavy (non-hydrogen) atoms. The maximum absolute atomic E-state index is 12.1. The van der Waals surface area contributed by atoms with E-state index in [-0.39, 0.29) is 6.04 Å². The number of rotatable bonds is 5. The minimum Gasteiger partial charge on any atom is -0.387 e. The molecule has 2 aliphatic heterocycles. The van der Waals surface area contributed by atoms with Gasteiger partial charge in [-0.25, -0.2) is 13.4 Å². The van der Waals surface area contributed by atoms with Crippen LogP contribution in [-0.4, -0.2) is 68.4 Å². The molecule has 0 spiro atoms. The number of sulfonamides is 1. The zero-order valence-electron chi connectivity index (χ0n) is 16.9. The zero-order valence-corrected chi connectivity index (χ0v) is 17.7. The molecule has 7 nitrogen and oxygen atoms in total. The fourth-order valence-electron chi connectivity index (χ4n) is 4.39. The number of piperazine rings is 1. The smallest absolute Gasteiger partial charge is 0.232 e. The minimum absolute atomic E-state index is 0.0907. The molecule has 2 aliphatic rings. The van der Waals surface area contributed by atoms with Gasteiger partial charge in [0.05, 0.1) is 18.0 Å². The third-order valence-corrected chi connectivity index (χ3v) is 7.05. The van der Waals surface area contributed by atoms with E-state index in [2.05, 4.69) is 14.8 Å². The van der Waals surface area contributed by atoms with Gasteiger partial charge in [0.2, 0.25) is 10.0 Å². The van der Waals surface area contributed by atoms with Gasteiger partial charge in [-0.1, -0.05) is 18.2 Å². The van der Waals surface area contributed by atoms with E-state index in [0.717, 1.165) is 48.8 Å². The second-order valence-electron chi connectivity index (χ2n) is 7.99. The van der Waals surface area contributed by atoms with Crippen LogP contribution in [0, 0.1) is 0 Å². The molecule has 8 heteroatoms. The normalized spacial score (nSPS) is 21.3. The van der Waals surface area contributed by atoms with Crippen LogP contribution in [0.2, 0.25) is 0 Å². The molecule has 1 N–H and O–H groups in total. The number of aliphatic hydroxyl groups excluding tert-OH is 1. The molecule has 0 saturated carbocycles. The van der Waals surface area contributed by atoms with Crippen LogP contribution in [0.15, 0.2) is 42.6 Å². The molecule has 1 aromatic carbocycles. The SMILES string of the molecule is C[C@H]1Cc2cc([C@H](O)CN3CCN(c4ccccn4)CC3)ccc2N1S(C)(=O)=O. The summed E-state index contributed by atoms with van der Waals surface area (Å²) in [6, 6.07) is 11.5. The van der Waals surface area contributed by atoms with Crippen molar-refractivity contribution < 1.29 is 13.5 Å². The van der Waals surface area contributed by atoms with Crippen molar-refractivity contribution in [2.24, 2.45) is 0 Å². The molecule has 1 aromatic heterocycles. The average molecular weight is 417 g/mol. The fraction of sp³-hybridized carbons (Fsp3) is 0.476. The highest BCUT2D eigenvalue weighted by molar-refractivity contribution is 7.92. The van der Waals surface area contributed by atoms with E-state index < -0.39 is 16.1 Å². The van der Waals surface area contributed by atoms with Crippen molar-refractivity contribution in [1.82, 2.24) is 9.88 Å². The first-order valence-electron chi connectivity index (χ1n) is 10.0. The van der Waals surface area contributed by atoms with Gasteiger partial charge in [-0.05, 0) is 42.7 Å². The molecular weight excluding hydrogens is 388 g/mol. The number of hydrogen-bond acceptors (Lipinski definition) is 6. The second-order valence-corrected chi connectivity index (χ2v) is 9.85. The fourth-order valence-corrected chi connectivity index (χ4v) is 5.65. The van der Waals surface area contributed by atoms with Gasteiger partial charge < -0.3 is 10.0 Å². The second kappa shape index (κ2) is 7.93. The summed E-state index contributed by atoms with van der Waals surface area (Å²) in [4.78, 5) is 8.94. The van der Waals surface area contributed by atoms with Crippen LogP contribution >= 0.6 is 0 Å². The summed E-state index contributed by atoms with van der Waals surface area (Å²) in [6.07, 6.45) is 3.13. The predicted molar refractivity (Wildman–Crippen MR) is 115 cm³/mol. The molecule has 4 rings (SSSR count). The number of benzene rings is 1. The van der Waals surface area contributed by atoms with Crippen molar-refractivity contribution in [3.8, 4) is 0 Å². The number of nitrogens with zero attached hydrogens (tertiary/aromatic N) is 4. The van der Waals surface area contributed by atoms with Crippen molar-refractivity contribution in [2.45, 2.75) is 25.5 Å². The number of β-amino-alcohol motifs (C(OH)–C–C–N with tert-alkyl or cyclic N) is 1. The Balaban J connectivity index is 1.39. The van der Waals surface area contributed by atoms with E-state index in [1.54, 1.807) is 0 Å². The Morgan fingerprint density at radius 2 is 1.93 bits per heavy atom. The first-order valence-corrected chi connectivity index (χ1v) is 11.9. The predicted octanol–water partition coefficient (Wildman–Crippen LogP) is 1.65. The number of fused-ring (bicyclic) bond motifs is 1. The lowest BCUT2D eigenvalue weighted by atomic mass is 10.0. The molecule has 3 heterocycles. The molecule has 2 atom stereocenters. The van der Waals surface area contributed by atoms with Crippen LogP contribution in [0.25, 0.3) is 0 Å². The van der Waals surface area contributed by atoms with Gasteiger partial charge in [-0.2, -0.15) is 0 Å². The van der Waals surface area contributed by atoms with Gasteiger partial charge in [0.15, 0.2) is 0 Å². The van der Waals surface area contributed by atoms with Gasteiger partial charge in [-0.3, -0.25) is 9.21 Å². The Bertz CT molecular complexity index is 959. The molecule has 0 radical (unpaired) electrons. The van der Waals surface area contributed by atoms with E-state index in [4.69, 9.17) is 0 Å². The van der Waals surface area contributed by atoms with Crippen LogP contribution in [0.3, 0.4) is 0 Å². The zero-order chi connectivity index (χ0) is 20.6. The molecule has 0 unspecified atom stereocenters. The van der Waals surface area contributed by atoms with Crippen molar-refractivity contribution >= 4 is 21.5 Å². The minimum atomic E-state index is -3.30. The maximum atomic E-state index is 12.1. The average Bonchev–Trinajstić information content (AvgIpc) is 3.04. The molecular formula is C21H28N4O3S. The van der Waals surface area contributed by atoms with Gasteiger partial charge in [0.1, 0.15) is 5.82 Å². The first-order chi connectivity index (χ1) is 13.8. The Morgan fingerprint density at radius 1 is 1.17 bits per heavy atom. The van der Waals surface area contributed by atoms with Gasteiger partial charge >= 0.3 is 0 Å². The van der Waals surface area contributed by atoms with Gasteiger partial charge in [0.25, 0.3) is 0 Å². The van der Waals surface area contributed by atoms with Crippen molar-refractivity contribution in [3.05, 3.63) is 53.7 Å². The number of aliphatic hydroxyl groups is 1. The number of hydrogen-bond donors (Lipinski definition) is 1. The van der Waals surface area contributed by atoms with Crippen LogP contribution in [0.1, 0.15) is 24.2 Å². The van der Waals surface area contributed by atoms with Crippen molar-refractivity contribution in [2.75, 3.05) is 48.2 Å². The topological polar surface area (TPSA) is 77.0 Å². The highest BCUT2D eigenvalue weighted by Crippen LogP contribution is 2.35. The first kappa shape index (κ1) is 20.1. The lowest BCUT2D eigenvalue weighted by Gasteiger charge is -2.36. The van der Waals surface area contributed by atoms with Crippen LogP contribution < -0.4 is 9.21 Å². The molecule has 1 saturated heterocycles. The van der Waals surface area contributed by atoms with E-state index in [1.165, 1.54) is 10.6 Å². The van der Waals surface area contributed by atoms with E-state index in [1.807, 2.05) is 49.5 Å². The molecule has 156 valence electrons. The number of anilines is 2. The molecule has 0 amide bonds. The Hall–Kier alpha value is -2.16. The molecule has 2 aromatic rings. The van der Waals surface area contributed by atoms with Crippen molar-refractivity contribution in [3.63, 3.8) is 0 Å². The summed E-state index contributed by atoms with van der Waals surface area (Å²) < 4.78 is 25.6. The highest BCUT2D eigenvalue weighted by Gasteiger charge is 2.33. The third kappa shape index (κ3) is 4.24. The van der Waals surface area contributed by atoms with Gasteiger partial charge in [-0.15, -0.1) is 0 Å². The largest absolute Gasteiger partial charge is 0.387 e. The van der Waals surface area contributed by atoms with Crippen molar-refractivity contribution in [1.29, 1.82) is 0 Å². The third-order valence-electron chi connectivity index (χ3n) is 5.78. The lowest BCUT2D eigenvalue weighted by molar-refractivity contribution is 0.109. The molecule has 0 bridgehead atoms. The standard InChI is InChI=1S/C21H28N4O3S/c1-16-13-18-14-17(6-7-19(18)25(16)29(2,27)28)20(26)15-23-9-11-24(12-10-23)21-5-3-4-8-22-21/h3-8,14,16,20,26H,9-13,15H2,1-2H3/t16-,20+/m0/s1. The molecule has 1 fully saturated rings. The Labute approximate surface area is 172 Å². The van der Waals surface area contributed by atoms with Gasteiger partial charge in [0, 0.05) is 45.0 Å². The highest BCUT2D eigenvalue weighted by atomic mass is 32.2. The summed E-state index contributed by atoms with van der Waals surface area (Å²) in [5.74, 6) is 0.996.